The van der Waals surface area contributed by atoms with E-state index in [4.69, 9.17) is 5.73 Å². The van der Waals surface area contributed by atoms with Crippen molar-refractivity contribution in [3.05, 3.63) is 71.3 Å². The number of nitrogens with zero attached hydrogens (tertiary/aromatic N) is 2. The largest absolute Gasteiger partial charge is 0.383 e. The number of rotatable bonds is 7. The zero-order valence-electron chi connectivity index (χ0n) is 16.9. The summed E-state index contributed by atoms with van der Waals surface area (Å²) in [5.74, 6) is -2.17. The van der Waals surface area contributed by atoms with Gasteiger partial charge < -0.3 is 10.8 Å². The molecule has 2 atom stereocenters. The number of amides is 1. The standard InChI is InChI=1S/C22H25F2N3O2S/c1-14(2)19(28)21(29)27-22(11-6-12-25,15-7-4-3-5-8-15)30-20(26-27)17-13-16(23)9-10-18(17)24/h3-5,7-10,13-14,19,28H,6,11-12,25H2,1-2H3/t19-,22+/m0/s1. The number of aliphatic hydroxyl groups excluding tert-OH is 1. The van der Waals surface area contributed by atoms with Crippen molar-refractivity contribution in [3.8, 4) is 0 Å². The Bertz CT molecular complexity index is 939. The maximum Gasteiger partial charge on any atom is 0.273 e. The topological polar surface area (TPSA) is 78.9 Å². The van der Waals surface area contributed by atoms with E-state index in [2.05, 4.69) is 5.10 Å². The van der Waals surface area contributed by atoms with Crippen molar-refractivity contribution in [2.24, 2.45) is 16.8 Å². The zero-order chi connectivity index (χ0) is 21.9. The fraction of sp³-hybridized carbons (Fsp3) is 0.364. The Hall–Kier alpha value is -2.29. The van der Waals surface area contributed by atoms with Crippen molar-refractivity contribution < 1.29 is 18.7 Å². The average Bonchev–Trinajstić information content (AvgIpc) is 3.14. The molecule has 2 aromatic carbocycles. The van der Waals surface area contributed by atoms with Gasteiger partial charge in [0.15, 0.2) is 0 Å². The lowest BCUT2D eigenvalue weighted by Gasteiger charge is -2.37. The minimum atomic E-state index is -1.29. The summed E-state index contributed by atoms with van der Waals surface area (Å²) in [4.78, 5) is 12.2. The second-order valence-corrected chi connectivity index (χ2v) is 8.78. The summed E-state index contributed by atoms with van der Waals surface area (Å²) in [5, 5.41) is 16.3. The molecule has 8 heteroatoms. The molecule has 1 heterocycles. The van der Waals surface area contributed by atoms with Gasteiger partial charge in [0.1, 0.15) is 27.7 Å². The zero-order valence-corrected chi connectivity index (χ0v) is 17.7. The minimum Gasteiger partial charge on any atom is -0.383 e. The lowest BCUT2D eigenvalue weighted by molar-refractivity contribution is -0.146. The summed E-state index contributed by atoms with van der Waals surface area (Å²) in [7, 11) is 0. The molecule has 3 N–H and O–H groups in total. The Morgan fingerprint density at radius 1 is 1.23 bits per heavy atom. The van der Waals surface area contributed by atoms with E-state index in [0.29, 0.717) is 19.4 Å². The molecule has 160 valence electrons. The van der Waals surface area contributed by atoms with Gasteiger partial charge in [0.05, 0.1) is 0 Å². The summed E-state index contributed by atoms with van der Waals surface area (Å²) in [6.07, 6.45) is -0.289. The third-order valence-corrected chi connectivity index (χ3v) is 6.44. The van der Waals surface area contributed by atoms with Crippen molar-refractivity contribution in [3.63, 3.8) is 0 Å². The first-order valence-corrected chi connectivity index (χ1v) is 10.6. The van der Waals surface area contributed by atoms with E-state index < -0.39 is 28.5 Å². The van der Waals surface area contributed by atoms with Gasteiger partial charge in [-0.3, -0.25) is 4.79 Å². The van der Waals surface area contributed by atoms with E-state index in [9.17, 15) is 18.7 Å². The molecule has 2 aromatic rings. The van der Waals surface area contributed by atoms with Crippen LogP contribution in [0.25, 0.3) is 0 Å². The van der Waals surface area contributed by atoms with Gasteiger partial charge in [-0.1, -0.05) is 55.9 Å². The molecule has 0 spiro atoms. The first kappa shape index (κ1) is 22.4. The molecule has 0 saturated carbocycles. The van der Waals surface area contributed by atoms with Crippen molar-refractivity contribution in [1.29, 1.82) is 0 Å². The number of benzene rings is 2. The first-order chi connectivity index (χ1) is 14.3. The molecule has 5 nitrogen and oxygen atoms in total. The van der Waals surface area contributed by atoms with Crippen LogP contribution >= 0.6 is 11.8 Å². The van der Waals surface area contributed by atoms with Crippen LogP contribution in [-0.4, -0.2) is 33.7 Å². The molecular weight excluding hydrogens is 408 g/mol. The van der Waals surface area contributed by atoms with Crippen LogP contribution < -0.4 is 5.73 Å². The number of halogens is 2. The average molecular weight is 434 g/mol. The summed E-state index contributed by atoms with van der Waals surface area (Å²) >= 11 is 1.17. The van der Waals surface area contributed by atoms with Crippen LogP contribution in [0.3, 0.4) is 0 Å². The van der Waals surface area contributed by atoms with Gasteiger partial charge in [-0.15, -0.1) is 0 Å². The molecule has 0 saturated heterocycles. The number of nitrogens with two attached hydrogens (primary N) is 1. The van der Waals surface area contributed by atoms with Crippen LogP contribution in [0.4, 0.5) is 8.78 Å². The van der Waals surface area contributed by atoms with Gasteiger partial charge in [-0.2, -0.15) is 5.10 Å². The van der Waals surface area contributed by atoms with E-state index in [0.717, 1.165) is 23.8 Å². The SMILES string of the molecule is CC(C)[C@H](O)C(=O)N1N=C(c2cc(F)ccc2F)S[C@]1(CCCN)c1ccccc1. The molecule has 0 fully saturated rings. The van der Waals surface area contributed by atoms with E-state index in [-0.39, 0.29) is 16.5 Å². The highest BCUT2D eigenvalue weighted by Gasteiger charge is 2.50. The highest BCUT2D eigenvalue weighted by molar-refractivity contribution is 8.15. The maximum absolute atomic E-state index is 14.5. The van der Waals surface area contributed by atoms with E-state index in [1.165, 1.54) is 16.8 Å². The van der Waals surface area contributed by atoms with Gasteiger partial charge in [-0.05, 0) is 49.1 Å². The molecule has 3 rings (SSSR count). The Balaban J connectivity index is 2.16. The molecule has 1 amide bonds. The highest BCUT2D eigenvalue weighted by Crippen LogP contribution is 2.50. The second-order valence-electron chi connectivity index (χ2n) is 7.51. The molecule has 1 aliphatic rings. The fourth-order valence-corrected chi connectivity index (χ4v) is 4.75. The molecular formula is C22H25F2N3O2S. The van der Waals surface area contributed by atoms with E-state index in [1.807, 2.05) is 30.3 Å². The molecule has 0 unspecified atom stereocenters. The first-order valence-electron chi connectivity index (χ1n) is 9.81. The number of hydrogen-bond donors (Lipinski definition) is 2. The Morgan fingerprint density at radius 3 is 2.57 bits per heavy atom. The van der Waals surface area contributed by atoms with Gasteiger partial charge in [-0.25, -0.2) is 13.8 Å². The summed E-state index contributed by atoms with van der Waals surface area (Å²) in [6.45, 7) is 3.84. The number of aliphatic hydroxyl groups is 1. The monoisotopic (exact) mass is 433 g/mol. The Morgan fingerprint density at radius 2 is 1.93 bits per heavy atom. The molecule has 0 bridgehead atoms. The summed E-state index contributed by atoms with van der Waals surface area (Å²) in [6, 6.07) is 12.4. The third kappa shape index (κ3) is 4.26. The van der Waals surface area contributed by atoms with Crippen LogP contribution in [0.5, 0.6) is 0 Å². The van der Waals surface area contributed by atoms with E-state index in [1.54, 1.807) is 13.8 Å². The molecule has 0 radical (unpaired) electrons. The van der Waals surface area contributed by atoms with Crippen LogP contribution in [0.15, 0.2) is 53.6 Å². The lowest BCUT2D eigenvalue weighted by atomic mass is 9.98. The quantitative estimate of drug-likeness (QED) is 0.696. The predicted molar refractivity (Wildman–Crippen MR) is 115 cm³/mol. The third-order valence-electron chi connectivity index (χ3n) is 5.00. The summed E-state index contributed by atoms with van der Waals surface area (Å²) < 4.78 is 28.3. The lowest BCUT2D eigenvalue weighted by Crippen LogP contribution is -2.47. The Labute approximate surface area is 179 Å². The second kappa shape index (κ2) is 9.24. The van der Waals surface area contributed by atoms with Crippen LogP contribution in [0.1, 0.15) is 37.8 Å². The number of carbonyl (C=O) groups is 1. The highest BCUT2D eigenvalue weighted by atomic mass is 32.2. The fourth-order valence-electron chi connectivity index (χ4n) is 3.33. The molecule has 1 aliphatic heterocycles. The number of carbonyl (C=O) groups excluding carboxylic acids is 1. The van der Waals surface area contributed by atoms with Gasteiger partial charge in [0, 0.05) is 5.56 Å². The molecule has 0 aromatic heterocycles. The normalized spacial score (nSPS) is 19.8. The van der Waals surface area contributed by atoms with Crippen molar-refractivity contribution in [2.75, 3.05) is 6.54 Å². The van der Waals surface area contributed by atoms with Gasteiger partial charge >= 0.3 is 0 Å². The van der Waals surface area contributed by atoms with Gasteiger partial charge in [0.2, 0.25) is 0 Å². The molecule has 30 heavy (non-hydrogen) atoms. The van der Waals surface area contributed by atoms with Crippen LogP contribution in [-0.2, 0) is 9.67 Å². The Kier molecular flexibility index (Phi) is 6.90. The van der Waals surface area contributed by atoms with Crippen molar-refractivity contribution >= 4 is 22.7 Å². The van der Waals surface area contributed by atoms with Gasteiger partial charge in [0.25, 0.3) is 5.91 Å². The van der Waals surface area contributed by atoms with Crippen LogP contribution in [0, 0.1) is 17.6 Å². The minimum absolute atomic E-state index is 0.0256. The predicted octanol–water partition coefficient (Wildman–Crippen LogP) is 3.81. The number of hydrazone groups is 1. The van der Waals surface area contributed by atoms with Crippen molar-refractivity contribution in [2.45, 2.75) is 37.7 Å². The maximum atomic E-state index is 14.5. The summed E-state index contributed by atoms with van der Waals surface area (Å²) in [5.41, 5.74) is 6.50. The van der Waals surface area contributed by atoms with Crippen LogP contribution in [0.2, 0.25) is 0 Å². The smallest absolute Gasteiger partial charge is 0.273 e. The van der Waals surface area contributed by atoms with E-state index >= 15 is 0 Å². The number of hydrogen-bond acceptors (Lipinski definition) is 5. The molecule has 0 aliphatic carbocycles. The number of thioether (sulfide) groups is 1. The van der Waals surface area contributed by atoms with Crippen molar-refractivity contribution in [1.82, 2.24) is 5.01 Å².